The molecule has 2 aromatic carbocycles. The first kappa shape index (κ1) is 19.6. The van der Waals surface area contributed by atoms with E-state index in [9.17, 15) is 14.0 Å². The third kappa shape index (κ3) is 4.78. The summed E-state index contributed by atoms with van der Waals surface area (Å²) in [5, 5.41) is 2.84. The van der Waals surface area contributed by atoms with Gasteiger partial charge in [0.25, 0.3) is 5.91 Å². The van der Waals surface area contributed by atoms with Gasteiger partial charge < -0.3 is 10.2 Å². The number of anilines is 1. The number of nitrogens with one attached hydrogen (secondary N) is 1. The summed E-state index contributed by atoms with van der Waals surface area (Å²) in [6, 6.07) is 9.90. The zero-order chi connectivity index (χ0) is 19.4. The van der Waals surface area contributed by atoms with E-state index in [4.69, 9.17) is 0 Å². The largest absolute Gasteiger partial charge is 0.330 e. The SMILES string of the molecule is C=CCN(Cc1cc(Br)ccc1F)C(=O)c1ccc2c(c1)NC(=O)CCS2. The van der Waals surface area contributed by atoms with Crippen LogP contribution >= 0.6 is 27.7 Å². The van der Waals surface area contributed by atoms with E-state index in [-0.39, 0.29) is 30.7 Å². The Morgan fingerprint density at radius 3 is 2.93 bits per heavy atom. The molecular weight excluding hydrogens is 431 g/mol. The van der Waals surface area contributed by atoms with Gasteiger partial charge in [0.2, 0.25) is 5.91 Å². The molecule has 0 fully saturated rings. The molecule has 4 nitrogen and oxygen atoms in total. The van der Waals surface area contributed by atoms with Crippen LogP contribution in [-0.2, 0) is 11.3 Å². The molecule has 0 saturated carbocycles. The quantitative estimate of drug-likeness (QED) is 0.664. The second-order valence-electron chi connectivity index (χ2n) is 6.07. The van der Waals surface area contributed by atoms with Gasteiger partial charge in [-0.15, -0.1) is 18.3 Å². The topological polar surface area (TPSA) is 49.4 Å². The maximum Gasteiger partial charge on any atom is 0.254 e. The summed E-state index contributed by atoms with van der Waals surface area (Å²) >= 11 is 4.91. The molecule has 0 aliphatic carbocycles. The second kappa shape index (κ2) is 8.71. The zero-order valence-electron chi connectivity index (χ0n) is 14.5. The molecule has 140 valence electrons. The molecule has 0 spiro atoms. The summed E-state index contributed by atoms with van der Waals surface area (Å²) in [5.41, 5.74) is 1.49. The predicted octanol–water partition coefficient (Wildman–Crippen LogP) is 4.85. The third-order valence-electron chi connectivity index (χ3n) is 4.09. The van der Waals surface area contributed by atoms with Gasteiger partial charge in [-0.1, -0.05) is 22.0 Å². The van der Waals surface area contributed by atoms with Gasteiger partial charge in [0.15, 0.2) is 0 Å². The van der Waals surface area contributed by atoms with E-state index in [1.54, 1.807) is 42.1 Å². The lowest BCUT2D eigenvalue weighted by Crippen LogP contribution is -2.31. The van der Waals surface area contributed by atoms with Crippen molar-refractivity contribution in [3.8, 4) is 0 Å². The van der Waals surface area contributed by atoms with E-state index in [0.717, 1.165) is 9.37 Å². The molecule has 0 bridgehead atoms. The Balaban J connectivity index is 1.88. The van der Waals surface area contributed by atoms with Gasteiger partial charge in [-0.25, -0.2) is 4.39 Å². The fourth-order valence-corrected chi connectivity index (χ4v) is 4.13. The minimum absolute atomic E-state index is 0.0648. The minimum Gasteiger partial charge on any atom is -0.330 e. The molecule has 1 N–H and O–H groups in total. The van der Waals surface area contributed by atoms with E-state index in [0.29, 0.717) is 29.0 Å². The standard InChI is InChI=1S/C20H18BrFN2O2S/c1-2-8-24(12-14-10-15(21)4-5-16(14)22)20(26)13-3-6-18-17(11-13)23-19(25)7-9-27-18/h2-6,10-11H,1,7-9,12H2,(H,23,25). The maximum atomic E-state index is 14.1. The van der Waals surface area contributed by atoms with E-state index < -0.39 is 0 Å². The number of carbonyl (C=O) groups is 2. The van der Waals surface area contributed by atoms with E-state index in [2.05, 4.69) is 27.8 Å². The molecule has 3 rings (SSSR count). The molecule has 1 aliphatic rings. The van der Waals surface area contributed by atoms with Crippen LogP contribution in [0.25, 0.3) is 0 Å². The number of amides is 2. The number of nitrogens with zero attached hydrogens (tertiary/aromatic N) is 1. The van der Waals surface area contributed by atoms with Gasteiger partial charge in [0, 0.05) is 45.8 Å². The number of rotatable bonds is 5. The molecule has 1 aliphatic heterocycles. The van der Waals surface area contributed by atoms with Gasteiger partial charge >= 0.3 is 0 Å². The molecule has 0 saturated heterocycles. The first-order valence-corrected chi connectivity index (χ1v) is 10.2. The smallest absolute Gasteiger partial charge is 0.254 e. The molecule has 0 radical (unpaired) electrons. The lowest BCUT2D eigenvalue weighted by atomic mass is 10.1. The molecule has 1 heterocycles. The number of hydrogen-bond donors (Lipinski definition) is 1. The number of thioether (sulfide) groups is 1. The number of fused-ring (bicyclic) bond motifs is 1. The van der Waals surface area contributed by atoms with Crippen LogP contribution < -0.4 is 5.32 Å². The molecule has 7 heteroatoms. The van der Waals surface area contributed by atoms with Crippen LogP contribution in [-0.4, -0.2) is 29.0 Å². The number of carbonyl (C=O) groups excluding carboxylic acids is 2. The normalized spacial score (nSPS) is 13.3. The van der Waals surface area contributed by atoms with Gasteiger partial charge in [-0.2, -0.15) is 0 Å². The van der Waals surface area contributed by atoms with Crippen molar-refractivity contribution < 1.29 is 14.0 Å². The Kier molecular flexibility index (Phi) is 6.34. The van der Waals surface area contributed by atoms with Gasteiger partial charge in [0.1, 0.15) is 5.82 Å². The third-order valence-corrected chi connectivity index (χ3v) is 5.66. The van der Waals surface area contributed by atoms with Crippen LogP contribution in [0.1, 0.15) is 22.3 Å². The zero-order valence-corrected chi connectivity index (χ0v) is 16.9. The van der Waals surface area contributed by atoms with E-state index >= 15 is 0 Å². The first-order valence-electron chi connectivity index (χ1n) is 8.38. The summed E-state index contributed by atoms with van der Waals surface area (Å²) in [4.78, 5) is 27.3. The minimum atomic E-state index is -0.370. The Bertz CT molecular complexity index is 904. The van der Waals surface area contributed by atoms with Crippen LogP contribution in [0.5, 0.6) is 0 Å². The van der Waals surface area contributed by atoms with Gasteiger partial charge in [0.05, 0.1) is 5.69 Å². The van der Waals surface area contributed by atoms with Crippen molar-refractivity contribution in [3.63, 3.8) is 0 Å². The van der Waals surface area contributed by atoms with Crippen molar-refractivity contribution >= 4 is 45.2 Å². The summed E-state index contributed by atoms with van der Waals surface area (Å²) in [6.45, 7) is 4.09. The lowest BCUT2D eigenvalue weighted by molar-refractivity contribution is -0.115. The van der Waals surface area contributed by atoms with Crippen LogP contribution in [0.3, 0.4) is 0 Å². The Morgan fingerprint density at radius 1 is 1.33 bits per heavy atom. The van der Waals surface area contributed by atoms with Gasteiger partial charge in [-0.05, 0) is 36.4 Å². The highest BCUT2D eigenvalue weighted by Crippen LogP contribution is 2.32. The summed E-state index contributed by atoms with van der Waals surface area (Å²) < 4.78 is 14.9. The van der Waals surface area contributed by atoms with Crippen LogP contribution in [0.15, 0.2) is 58.4 Å². The van der Waals surface area contributed by atoms with Gasteiger partial charge in [-0.3, -0.25) is 9.59 Å². The highest BCUT2D eigenvalue weighted by Gasteiger charge is 2.20. The van der Waals surface area contributed by atoms with Crippen molar-refractivity contribution in [2.24, 2.45) is 0 Å². The Labute approximate surface area is 170 Å². The molecule has 0 atom stereocenters. The Morgan fingerprint density at radius 2 is 2.15 bits per heavy atom. The first-order chi connectivity index (χ1) is 13.0. The number of halogens is 2. The average molecular weight is 449 g/mol. The van der Waals surface area contributed by atoms with Crippen molar-refractivity contribution in [2.75, 3.05) is 17.6 Å². The van der Waals surface area contributed by atoms with Crippen LogP contribution in [0.4, 0.5) is 10.1 Å². The summed E-state index contributed by atoms with van der Waals surface area (Å²) in [7, 11) is 0. The average Bonchev–Trinajstić information content (AvgIpc) is 2.83. The molecule has 0 unspecified atom stereocenters. The van der Waals surface area contributed by atoms with Crippen molar-refractivity contribution in [1.29, 1.82) is 0 Å². The predicted molar refractivity (Wildman–Crippen MR) is 109 cm³/mol. The maximum absolute atomic E-state index is 14.1. The summed E-state index contributed by atoms with van der Waals surface area (Å²) in [5.74, 6) is 0.0212. The number of benzene rings is 2. The second-order valence-corrected chi connectivity index (χ2v) is 8.12. The molecule has 0 aromatic heterocycles. The fraction of sp³-hybridized carbons (Fsp3) is 0.200. The Hall–Kier alpha value is -2.12. The molecule has 27 heavy (non-hydrogen) atoms. The fourth-order valence-electron chi connectivity index (χ4n) is 2.78. The van der Waals surface area contributed by atoms with Crippen molar-refractivity contribution in [3.05, 3.63) is 70.5 Å². The molecule has 2 aromatic rings. The monoisotopic (exact) mass is 448 g/mol. The highest BCUT2D eigenvalue weighted by atomic mass is 79.9. The van der Waals surface area contributed by atoms with Crippen molar-refractivity contribution in [1.82, 2.24) is 4.90 Å². The molecule has 2 amide bonds. The van der Waals surface area contributed by atoms with E-state index in [1.807, 2.05) is 6.07 Å². The van der Waals surface area contributed by atoms with E-state index in [1.165, 1.54) is 11.0 Å². The summed E-state index contributed by atoms with van der Waals surface area (Å²) in [6.07, 6.45) is 2.04. The number of hydrogen-bond acceptors (Lipinski definition) is 3. The lowest BCUT2D eigenvalue weighted by Gasteiger charge is -2.22. The van der Waals surface area contributed by atoms with Crippen LogP contribution in [0, 0.1) is 5.82 Å². The van der Waals surface area contributed by atoms with Crippen LogP contribution in [0.2, 0.25) is 0 Å². The molecular formula is C20H18BrFN2O2S. The van der Waals surface area contributed by atoms with Crippen molar-refractivity contribution in [2.45, 2.75) is 17.9 Å². The highest BCUT2D eigenvalue weighted by molar-refractivity contribution is 9.10.